The van der Waals surface area contributed by atoms with E-state index in [0.29, 0.717) is 0 Å². The van der Waals surface area contributed by atoms with Gasteiger partial charge in [0.1, 0.15) is 0 Å². The molecule has 2 heteroatoms. The molecule has 0 aromatic rings. The van der Waals surface area contributed by atoms with Gasteiger partial charge in [-0.3, -0.25) is 9.79 Å². The van der Waals surface area contributed by atoms with Gasteiger partial charge in [0.2, 0.25) is 0 Å². The molecule has 0 aliphatic rings. The third-order valence-corrected chi connectivity index (χ3v) is 1.32. The van der Waals surface area contributed by atoms with Crippen LogP contribution in [0.15, 0.2) is 28.8 Å². The van der Waals surface area contributed by atoms with E-state index in [1.54, 1.807) is 6.21 Å². The summed E-state index contributed by atoms with van der Waals surface area (Å²) in [5, 5.41) is 0. The maximum absolute atomic E-state index is 10.4. The van der Waals surface area contributed by atoms with Crippen molar-refractivity contribution in [3.8, 4) is 0 Å². The van der Waals surface area contributed by atoms with Gasteiger partial charge in [-0.1, -0.05) is 17.7 Å². The first-order chi connectivity index (χ1) is 5.66. The lowest BCUT2D eigenvalue weighted by atomic mass is 10.3. The van der Waals surface area contributed by atoms with Gasteiger partial charge < -0.3 is 0 Å². The monoisotopic (exact) mass is 165 g/mol. The topological polar surface area (TPSA) is 29.4 Å². The third kappa shape index (κ3) is 6.93. The number of hydrogen-bond acceptors (Lipinski definition) is 2. The van der Waals surface area contributed by atoms with Crippen molar-refractivity contribution in [3.05, 3.63) is 23.8 Å². The minimum atomic E-state index is 0.0856. The van der Waals surface area contributed by atoms with Gasteiger partial charge in [0.05, 0.1) is 6.54 Å². The SMILES string of the molecule is C\C=C(C)/C=C\C=N\CC(C)=O. The fourth-order valence-electron chi connectivity index (χ4n) is 0.533. The van der Waals surface area contributed by atoms with Crippen molar-refractivity contribution in [1.29, 1.82) is 0 Å². The standard InChI is InChI=1S/C10H15NO/c1-4-9(2)6-5-7-11-8-10(3)12/h4-7H,8H2,1-3H3/b6-5-,9-4-,11-7+. The molecular formula is C10H15NO. The Balaban J connectivity index is 3.74. The number of carbonyl (C=O) groups is 1. The van der Waals surface area contributed by atoms with E-state index in [9.17, 15) is 4.79 Å². The fourth-order valence-corrected chi connectivity index (χ4v) is 0.533. The summed E-state index contributed by atoms with van der Waals surface area (Å²) in [4.78, 5) is 14.3. The molecule has 0 spiro atoms. The van der Waals surface area contributed by atoms with Crippen LogP contribution in [0, 0.1) is 0 Å². The molecule has 0 amide bonds. The van der Waals surface area contributed by atoms with Crippen molar-refractivity contribution in [2.24, 2.45) is 4.99 Å². The zero-order valence-corrected chi connectivity index (χ0v) is 7.87. The van der Waals surface area contributed by atoms with Crippen molar-refractivity contribution < 1.29 is 4.79 Å². The number of aliphatic imine (C=N–C) groups is 1. The molecule has 0 aliphatic heterocycles. The summed E-state index contributed by atoms with van der Waals surface area (Å²) in [6.07, 6.45) is 7.44. The molecule has 0 saturated heterocycles. The van der Waals surface area contributed by atoms with Gasteiger partial charge in [-0.15, -0.1) is 0 Å². The summed E-state index contributed by atoms with van der Waals surface area (Å²) in [6.45, 7) is 5.79. The molecule has 0 unspecified atom stereocenters. The molecule has 66 valence electrons. The number of nitrogens with zero attached hydrogens (tertiary/aromatic N) is 1. The Morgan fingerprint density at radius 2 is 2.08 bits per heavy atom. The van der Waals surface area contributed by atoms with Crippen molar-refractivity contribution in [2.75, 3.05) is 6.54 Å². The Hall–Kier alpha value is -1.18. The molecule has 0 radical (unpaired) electrons. The van der Waals surface area contributed by atoms with Crippen LogP contribution in [-0.2, 0) is 4.79 Å². The Morgan fingerprint density at radius 1 is 1.42 bits per heavy atom. The first-order valence-corrected chi connectivity index (χ1v) is 3.95. The Morgan fingerprint density at radius 3 is 2.58 bits per heavy atom. The predicted molar refractivity (Wildman–Crippen MR) is 52.6 cm³/mol. The first-order valence-electron chi connectivity index (χ1n) is 3.95. The van der Waals surface area contributed by atoms with Gasteiger partial charge in [-0.2, -0.15) is 0 Å². The number of carbonyl (C=O) groups excluding carboxylic acids is 1. The molecule has 0 atom stereocenters. The van der Waals surface area contributed by atoms with Crippen LogP contribution in [0.2, 0.25) is 0 Å². The summed E-state index contributed by atoms with van der Waals surface area (Å²) >= 11 is 0. The molecule has 0 aromatic heterocycles. The molecule has 0 saturated carbocycles. The Kier molecular flexibility index (Phi) is 5.88. The highest BCUT2D eigenvalue weighted by molar-refractivity contribution is 5.81. The average Bonchev–Trinajstić information content (AvgIpc) is 2.03. The van der Waals surface area contributed by atoms with Crippen LogP contribution in [0.3, 0.4) is 0 Å². The van der Waals surface area contributed by atoms with E-state index in [0.717, 1.165) is 0 Å². The summed E-state index contributed by atoms with van der Waals surface area (Å²) in [5.41, 5.74) is 1.18. The van der Waals surface area contributed by atoms with E-state index in [1.165, 1.54) is 12.5 Å². The quantitative estimate of drug-likeness (QED) is 0.463. The van der Waals surface area contributed by atoms with Gasteiger partial charge in [0.15, 0.2) is 5.78 Å². The van der Waals surface area contributed by atoms with E-state index >= 15 is 0 Å². The Labute approximate surface area is 73.7 Å². The number of rotatable bonds is 4. The summed E-state index contributed by atoms with van der Waals surface area (Å²) in [6, 6.07) is 0. The van der Waals surface area contributed by atoms with Gasteiger partial charge >= 0.3 is 0 Å². The summed E-state index contributed by atoms with van der Waals surface area (Å²) < 4.78 is 0. The first kappa shape index (κ1) is 10.8. The van der Waals surface area contributed by atoms with Crippen molar-refractivity contribution in [2.45, 2.75) is 20.8 Å². The van der Waals surface area contributed by atoms with Crippen LogP contribution in [0.5, 0.6) is 0 Å². The zero-order valence-electron chi connectivity index (χ0n) is 7.87. The van der Waals surface area contributed by atoms with E-state index in [4.69, 9.17) is 0 Å². The molecule has 0 N–H and O–H groups in total. The van der Waals surface area contributed by atoms with E-state index in [-0.39, 0.29) is 12.3 Å². The van der Waals surface area contributed by atoms with Gasteiger partial charge in [0, 0.05) is 6.21 Å². The Bertz CT molecular complexity index is 224. The number of Topliss-reactive ketones (excluding diaryl/α,β-unsaturated/α-hetero) is 1. The van der Waals surface area contributed by atoms with Gasteiger partial charge in [0.25, 0.3) is 0 Å². The highest BCUT2D eigenvalue weighted by Gasteiger charge is 1.83. The van der Waals surface area contributed by atoms with Crippen LogP contribution in [-0.4, -0.2) is 18.5 Å². The van der Waals surface area contributed by atoms with E-state index in [2.05, 4.69) is 4.99 Å². The van der Waals surface area contributed by atoms with E-state index < -0.39 is 0 Å². The second kappa shape index (κ2) is 6.53. The number of ketones is 1. The van der Waals surface area contributed by atoms with Crippen molar-refractivity contribution in [3.63, 3.8) is 0 Å². The third-order valence-electron chi connectivity index (χ3n) is 1.32. The molecular weight excluding hydrogens is 150 g/mol. The van der Waals surface area contributed by atoms with Gasteiger partial charge in [-0.25, -0.2) is 0 Å². The highest BCUT2D eigenvalue weighted by atomic mass is 16.1. The largest absolute Gasteiger partial charge is 0.298 e. The van der Waals surface area contributed by atoms with Crippen LogP contribution in [0.4, 0.5) is 0 Å². The van der Waals surface area contributed by atoms with Crippen LogP contribution in [0.1, 0.15) is 20.8 Å². The normalized spacial score (nSPS) is 13.1. The maximum Gasteiger partial charge on any atom is 0.151 e. The number of allylic oxidation sites excluding steroid dienone is 4. The van der Waals surface area contributed by atoms with Crippen LogP contribution >= 0.6 is 0 Å². The summed E-state index contributed by atoms with van der Waals surface area (Å²) in [5.74, 6) is 0.0856. The molecule has 0 aliphatic carbocycles. The lowest BCUT2D eigenvalue weighted by Crippen LogP contribution is -1.93. The van der Waals surface area contributed by atoms with Crippen molar-refractivity contribution >= 4 is 12.0 Å². The molecule has 2 nitrogen and oxygen atoms in total. The van der Waals surface area contributed by atoms with Crippen molar-refractivity contribution in [1.82, 2.24) is 0 Å². The van der Waals surface area contributed by atoms with Crippen LogP contribution in [0.25, 0.3) is 0 Å². The molecule has 12 heavy (non-hydrogen) atoms. The minimum Gasteiger partial charge on any atom is -0.298 e. The molecule has 0 fully saturated rings. The zero-order chi connectivity index (χ0) is 9.40. The van der Waals surface area contributed by atoms with E-state index in [1.807, 2.05) is 32.1 Å². The minimum absolute atomic E-state index is 0.0856. The fraction of sp³-hybridized carbons (Fsp3) is 0.400. The van der Waals surface area contributed by atoms with Gasteiger partial charge in [-0.05, 0) is 26.8 Å². The maximum atomic E-state index is 10.4. The smallest absolute Gasteiger partial charge is 0.151 e. The second-order valence-electron chi connectivity index (χ2n) is 2.58. The lowest BCUT2D eigenvalue weighted by molar-refractivity contribution is -0.115. The molecule has 0 bridgehead atoms. The number of hydrogen-bond donors (Lipinski definition) is 0. The molecule has 0 aromatic carbocycles. The summed E-state index contributed by atoms with van der Waals surface area (Å²) in [7, 11) is 0. The second-order valence-corrected chi connectivity index (χ2v) is 2.58. The lowest BCUT2D eigenvalue weighted by Gasteiger charge is -1.85. The molecule has 0 heterocycles. The van der Waals surface area contributed by atoms with Crippen LogP contribution < -0.4 is 0 Å². The predicted octanol–water partition coefficient (Wildman–Crippen LogP) is 2.17. The highest BCUT2D eigenvalue weighted by Crippen LogP contribution is 1.91. The molecule has 0 rings (SSSR count). The average molecular weight is 165 g/mol.